The van der Waals surface area contributed by atoms with E-state index in [1.54, 1.807) is 30.2 Å². The van der Waals surface area contributed by atoms with E-state index >= 15 is 0 Å². The Balaban J connectivity index is 1.55. The highest BCUT2D eigenvalue weighted by atomic mass is 32.2. The van der Waals surface area contributed by atoms with Crippen LogP contribution in [0.1, 0.15) is 19.3 Å². The van der Waals surface area contributed by atoms with Gasteiger partial charge in [0.1, 0.15) is 0 Å². The van der Waals surface area contributed by atoms with E-state index < -0.39 is 10.0 Å². The van der Waals surface area contributed by atoms with Gasteiger partial charge in [-0.15, -0.1) is 0 Å². The minimum absolute atomic E-state index is 0.0271. The fraction of sp³-hybridized carbons (Fsp3) is 0.421. The van der Waals surface area contributed by atoms with Crippen molar-refractivity contribution in [2.24, 2.45) is 0 Å². The highest BCUT2D eigenvalue weighted by Crippen LogP contribution is 2.19. The molecule has 0 unspecified atom stereocenters. The number of amides is 1. The summed E-state index contributed by atoms with van der Waals surface area (Å²) < 4.78 is 32.8. The molecule has 3 rings (SSSR count). The Morgan fingerprint density at radius 3 is 2.54 bits per heavy atom. The number of carbonyl (C=O) groups is 1. The van der Waals surface area contributed by atoms with Gasteiger partial charge in [-0.2, -0.15) is 0 Å². The first kappa shape index (κ1) is 18.8. The van der Waals surface area contributed by atoms with Crippen molar-refractivity contribution >= 4 is 26.7 Å². The van der Waals surface area contributed by atoms with E-state index in [9.17, 15) is 13.2 Å². The van der Waals surface area contributed by atoms with Crippen molar-refractivity contribution in [1.29, 1.82) is 0 Å². The van der Waals surface area contributed by atoms with E-state index in [1.807, 2.05) is 24.3 Å². The van der Waals surface area contributed by atoms with Crippen molar-refractivity contribution < 1.29 is 17.9 Å². The molecule has 140 valence electrons. The fourth-order valence-electron chi connectivity index (χ4n) is 3.21. The first-order valence-electron chi connectivity index (χ1n) is 8.78. The second-order valence-electron chi connectivity index (χ2n) is 6.47. The Labute approximate surface area is 154 Å². The van der Waals surface area contributed by atoms with E-state index in [-0.39, 0.29) is 29.9 Å². The molecule has 0 atom stereocenters. The van der Waals surface area contributed by atoms with E-state index in [1.165, 1.54) is 0 Å². The highest BCUT2D eigenvalue weighted by Gasteiger charge is 2.22. The van der Waals surface area contributed by atoms with E-state index in [4.69, 9.17) is 4.74 Å². The average molecular weight is 376 g/mol. The molecule has 7 heteroatoms. The Morgan fingerprint density at radius 2 is 1.85 bits per heavy atom. The summed E-state index contributed by atoms with van der Waals surface area (Å²) in [4.78, 5) is 14.2. The average Bonchev–Trinajstić information content (AvgIpc) is 2.67. The van der Waals surface area contributed by atoms with Crippen LogP contribution in [-0.4, -0.2) is 52.1 Å². The lowest BCUT2D eigenvalue weighted by atomic mass is 10.1. The Hall–Kier alpha value is -1.96. The molecule has 1 aliphatic heterocycles. The third-order valence-corrected chi connectivity index (χ3v) is 6.25. The smallest absolute Gasteiger partial charge is 0.240 e. The first-order chi connectivity index (χ1) is 12.5. The van der Waals surface area contributed by atoms with Gasteiger partial charge in [-0.1, -0.05) is 30.3 Å². The molecule has 0 spiro atoms. The number of rotatable bonds is 6. The maximum atomic E-state index is 12.5. The number of nitrogens with zero attached hydrogens (tertiary/aromatic N) is 1. The number of piperidine rings is 1. The summed E-state index contributed by atoms with van der Waals surface area (Å²) >= 11 is 0. The number of likely N-dealkylation sites (tertiary alicyclic amines) is 1. The maximum absolute atomic E-state index is 12.5. The number of methoxy groups -OCH3 is 1. The molecule has 2 aromatic rings. The van der Waals surface area contributed by atoms with Crippen LogP contribution in [0.25, 0.3) is 10.8 Å². The van der Waals surface area contributed by atoms with Crippen molar-refractivity contribution in [3.63, 3.8) is 0 Å². The lowest BCUT2D eigenvalue weighted by Crippen LogP contribution is -2.41. The SMILES string of the molecule is COC1CCN(C(=O)CCNS(=O)(=O)c2ccc3ccccc3c2)CC1. The lowest BCUT2D eigenvalue weighted by molar-refractivity contribution is -0.133. The number of sulfonamides is 1. The van der Waals surface area contributed by atoms with Gasteiger partial charge in [0.05, 0.1) is 11.0 Å². The second kappa shape index (κ2) is 8.16. The number of carbonyl (C=O) groups excluding carboxylic acids is 1. The monoisotopic (exact) mass is 376 g/mol. The minimum atomic E-state index is -3.63. The van der Waals surface area contributed by atoms with Crippen molar-refractivity contribution in [1.82, 2.24) is 9.62 Å². The molecule has 0 radical (unpaired) electrons. The fourth-order valence-corrected chi connectivity index (χ4v) is 4.28. The number of fused-ring (bicyclic) bond motifs is 1. The van der Waals surface area contributed by atoms with E-state index in [0.717, 1.165) is 23.6 Å². The van der Waals surface area contributed by atoms with Gasteiger partial charge in [-0.25, -0.2) is 13.1 Å². The molecule has 1 amide bonds. The summed E-state index contributed by atoms with van der Waals surface area (Å²) in [6.45, 7) is 1.42. The van der Waals surface area contributed by atoms with Crippen LogP contribution in [0.4, 0.5) is 0 Å². The van der Waals surface area contributed by atoms with Crippen LogP contribution in [0.5, 0.6) is 0 Å². The van der Waals surface area contributed by atoms with Crippen LogP contribution < -0.4 is 4.72 Å². The third kappa shape index (κ3) is 4.41. The second-order valence-corrected chi connectivity index (χ2v) is 8.24. The van der Waals surface area contributed by atoms with Gasteiger partial charge in [0.15, 0.2) is 0 Å². The van der Waals surface area contributed by atoms with Crippen LogP contribution >= 0.6 is 0 Å². The topological polar surface area (TPSA) is 75.7 Å². The molecule has 0 saturated carbocycles. The molecular weight excluding hydrogens is 352 g/mol. The summed E-state index contributed by atoms with van der Waals surface area (Å²) in [5.74, 6) is -0.0271. The van der Waals surface area contributed by atoms with Gasteiger partial charge in [-0.05, 0) is 35.7 Å². The van der Waals surface area contributed by atoms with Crippen molar-refractivity contribution in [3.8, 4) is 0 Å². The van der Waals surface area contributed by atoms with Gasteiger partial charge < -0.3 is 9.64 Å². The number of hydrogen-bond acceptors (Lipinski definition) is 4. The third-order valence-electron chi connectivity index (χ3n) is 4.79. The molecule has 6 nitrogen and oxygen atoms in total. The van der Waals surface area contributed by atoms with Crippen LogP contribution in [-0.2, 0) is 19.6 Å². The summed E-state index contributed by atoms with van der Waals surface area (Å²) in [7, 11) is -1.95. The van der Waals surface area contributed by atoms with Crippen molar-refractivity contribution in [3.05, 3.63) is 42.5 Å². The summed E-state index contributed by atoms with van der Waals surface area (Å²) in [6, 6.07) is 12.6. The summed E-state index contributed by atoms with van der Waals surface area (Å²) in [5.41, 5.74) is 0. The van der Waals surface area contributed by atoms with Gasteiger partial charge in [-0.3, -0.25) is 4.79 Å². The zero-order valence-electron chi connectivity index (χ0n) is 14.8. The van der Waals surface area contributed by atoms with Gasteiger partial charge in [0, 0.05) is 33.2 Å². The standard InChI is InChI=1S/C19H24N2O4S/c1-25-17-9-12-21(13-10-17)19(22)8-11-20-26(23,24)18-7-6-15-4-2-3-5-16(15)14-18/h2-7,14,17,20H,8-13H2,1H3. The van der Waals surface area contributed by atoms with E-state index in [0.29, 0.717) is 13.1 Å². The maximum Gasteiger partial charge on any atom is 0.240 e. The predicted octanol–water partition coefficient (Wildman–Crippen LogP) is 2.15. The Kier molecular flexibility index (Phi) is 5.90. The van der Waals surface area contributed by atoms with Gasteiger partial charge >= 0.3 is 0 Å². The Morgan fingerprint density at radius 1 is 1.15 bits per heavy atom. The molecule has 1 N–H and O–H groups in total. The molecule has 2 aromatic carbocycles. The number of nitrogens with one attached hydrogen (secondary N) is 1. The largest absolute Gasteiger partial charge is 0.381 e. The minimum Gasteiger partial charge on any atom is -0.381 e. The van der Waals surface area contributed by atoms with Crippen LogP contribution in [0.3, 0.4) is 0 Å². The van der Waals surface area contributed by atoms with Gasteiger partial charge in [0.2, 0.25) is 15.9 Å². The summed E-state index contributed by atoms with van der Waals surface area (Å²) in [5, 5.41) is 1.86. The first-order valence-corrected chi connectivity index (χ1v) is 10.3. The Bertz CT molecular complexity index is 874. The molecular formula is C19H24N2O4S. The van der Waals surface area contributed by atoms with Crippen LogP contribution in [0, 0.1) is 0 Å². The van der Waals surface area contributed by atoms with Crippen molar-refractivity contribution in [2.45, 2.75) is 30.3 Å². The highest BCUT2D eigenvalue weighted by molar-refractivity contribution is 7.89. The zero-order chi connectivity index (χ0) is 18.6. The summed E-state index contributed by atoms with van der Waals surface area (Å²) in [6.07, 6.45) is 2.02. The zero-order valence-corrected chi connectivity index (χ0v) is 15.7. The number of benzene rings is 2. The van der Waals surface area contributed by atoms with Crippen molar-refractivity contribution in [2.75, 3.05) is 26.7 Å². The van der Waals surface area contributed by atoms with Crippen LogP contribution in [0.15, 0.2) is 47.4 Å². The van der Waals surface area contributed by atoms with Gasteiger partial charge in [0.25, 0.3) is 0 Å². The van der Waals surface area contributed by atoms with Crippen LogP contribution in [0.2, 0.25) is 0 Å². The molecule has 0 aromatic heterocycles. The van der Waals surface area contributed by atoms with E-state index in [2.05, 4.69) is 4.72 Å². The molecule has 1 fully saturated rings. The number of hydrogen-bond donors (Lipinski definition) is 1. The number of ether oxygens (including phenoxy) is 1. The molecule has 26 heavy (non-hydrogen) atoms. The molecule has 1 saturated heterocycles. The normalized spacial score (nSPS) is 16.1. The molecule has 0 bridgehead atoms. The molecule has 1 aliphatic rings. The predicted molar refractivity (Wildman–Crippen MR) is 100 cm³/mol. The molecule has 1 heterocycles. The molecule has 0 aliphatic carbocycles. The lowest BCUT2D eigenvalue weighted by Gasteiger charge is -2.31. The quantitative estimate of drug-likeness (QED) is 0.838.